The van der Waals surface area contributed by atoms with Crippen LogP contribution in [0.1, 0.15) is 51.9 Å². The van der Waals surface area contributed by atoms with Crippen molar-refractivity contribution in [1.29, 1.82) is 0 Å². The van der Waals surface area contributed by atoms with Crippen molar-refractivity contribution in [3.63, 3.8) is 0 Å². The molecule has 0 spiro atoms. The highest BCUT2D eigenvalue weighted by Crippen LogP contribution is 2.34. The van der Waals surface area contributed by atoms with E-state index in [0.717, 1.165) is 38.5 Å². The zero-order valence-electron chi connectivity index (χ0n) is 12.1. The Kier molecular flexibility index (Phi) is 5.40. The molecule has 0 heterocycles. The van der Waals surface area contributed by atoms with Gasteiger partial charge in [-0.25, -0.2) is 0 Å². The van der Waals surface area contributed by atoms with Gasteiger partial charge in [0, 0.05) is 12.6 Å². The van der Waals surface area contributed by atoms with Crippen LogP contribution in [-0.4, -0.2) is 35.7 Å². The molecule has 0 aromatic carbocycles. The first-order valence-corrected chi connectivity index (χ1v) is 7.78. The van der Waals surface area contributed by atoms with Crippen LogP contribution in [0.25, 0.3) is 0 Å². The monoisotopic (exact) mass is 283 g/mol. The molecule has 0 aliphatic heterocycles. The quantitative estimate of drug-likeness (QED) is 0.808. The number of amides is 1. The van der Waals surface area contributed by atoms with E-state index in [1.54, 1.807) is 0 Å². The highest BCUT2D eigenvalue weighted by Gasteiger charge is 2.45. The normalized spacial score (nSPS) is 33.9. The molecule has 0 aromatic heterocycles. The van der Waals surface area contributed by atoms with E-state index in [-0.39, 0.29) is 24.0 Å². The third-order valence-corrected chi connectivity index (χ3v) is 4.36. The maximum atomic E-state index is 12.1. The Morgan fingerprint density at radius 2 is 1.85 bits per heavy atom. The van der Waals surface area contributed by atoms with Gasteiger partial charge in [-0.05, 0) is 26.2 Å². The lowest BCUT2D eigenvalue weighted by Gasteiger charge is -2.27. The minimum atomic E-state index is -0.783. The molecule has 2 rings (SSSR count). The van der Waals surface area contributed by atoms with E-state index in [1.165, 1.54) is 0 Å². The highest BCUT2D eigenvalue weighted by molar-refractivity contribution is 5.83. The maximum absolute atomic E-state index is 12.1. The number of aliphatic carboxylic acids is 1. The van der Waals surface area contributed by atoms with Crippen molar-refractivity contribution in [3.8, 4) is 0 Å². The first kappa shape index (κ1) is 15.3. The fourth-order valence-corrected chi connectivity index (χ4v) is 3.09. The van der Waals surface area contributed by atoms with Crippen LogP contribution in [-0.2, 0) is 14.3 Å². The van der Waals surface area contributed by atoms with Gasteiger partial charge < -0.3 is 15.2 Å². The zero-order valence-corrected chi connectivity index (χ0v) is 12.1. The van der Waals surface area contributed by atoms with E-state index < -0.39 is 11.9 Å². The van der Waals surface area contributed by atoms with Crippen molar-refractivity contribution in [2.45, 2.75) is 64.0 Å². The van der Waals surface area contributed by atoms with E-state index in [0.29, 0.717) is 13.0 Å². The number of nitrogens with one attached hydrogen (secondary N) is 1. The number of hydrogen-bond donors (Lipinski definition) is 2. The Bertz CT molecular complexity index is 358. The minimum absolute atomic E-state index is 0.0275. The SMILES string of the molecule is CCOC1CC1C(=O)NC1CCCCCCC1C(=O)O. The van der Waals surface area contributed by atoms with Crippen LogP contribution in [0, 0.1) is 11.8 Å². The van der Waals surface area contributed by atoms with Gasteiger partial charge in [-0.1, -0.05) is 25.7 Å². The molecule has 2 saturated carbocycles. The third-order valence-electron chi connectivity index (χ3n) is 4.36. The fourth-order valence-electron chi connectivity index (χ4n) is 3.09. The molecule has 4 unspecified atom stereocenters. The van der Waals surface area contributed by atoms with Crippen molar-refractivity contribution in [2.24, 2.45) is 11.8 Å². The molecular weight excluding hydrogens is 258 g/mol. The first-order valence-electron chi connectivity index (χ1n) is 7.78. The van der Waals surface area contributed by atoms with E-state index in [1.807, 2.05) is 6.92 Å². The number of ether oxygens (including phenoxy) is 1. The zero-order chi connectivity index (χ0) is 14.5. The first-order chi connectivity index (χ1) is 9.63. The van der Waals surface area contributed by atoms with Crippen LogP contribution in [0.3, 0.4) is 0 Å². The van der Waals surface area contributed by atoms with Crippen LogP contribution in [0.4, 0.5) is 0 Å². The Morgan fingerprint density at radius 1 is 1.15 bits per heavy atom. The summed E-state index contributed by atoms with van der Waals surface area (Å²) in [6.45, 7) is 2.54. The van der Waals surface area contributed by atoms with Crippen molar-refractivity contribution in [1.82, 2.24) is 5.32 Å². The van der Waals surface area contributed by atoms with Crippen LogP contribution in [0.15, 0.2) is 0 Å². The van der Waals surface area contributed by atoms with E-state index in [2.05, 4.69) is 5.32 Å². The van der Waals surface area contributed by atoms with Gasteiger partial charge in [0.2, 0.25) is 5.91 Å². The summed E-state index contributed by atoms with van der Waals surface area (Å²) in [7, 11) is 0. The van der Waals surface area contributed by atoms with Crippen molar-refractivity contribution in [3.05, 3.63) is 0 Å². The van der Waals surface area contributed by atoms with Crippen molar-refractivity contribution in [2.75, 3.05) is 6.61 Å². The summed E-state index contributed by atoms with van der Waals surface area (Å²) >= 11 is 0. The van der Waals surface area contributed by atoms with Gasteiger partial charge in [0.1, 0.15) is 0 Å². The fraction of sp³-hybridized carbons (Fsp3) is 0.867. The molecule has 2 aliphatic carbocycles. The van der Waals surface area contributed by atoms with Gasteiger partial charge in [-0.3, -0.25) is 9.59 Å². The molecule has 0 aromatic rings. The van der Waals surface area contributed by atoms with E-state index >= 15 is 0 Å². The summed E-state index contributed by atoms with van der Waals surface area (Å²) in [4.78, 5) is 23.5. The average Bonchev–Trinajstić information content (AvgIpc) is 3.12. The van der Waals surface area contributed by atoms with E-state index in [9.17, 15) is 14.7 Å². The topological polar surface area (TPSA) is 75.6 Å². The maximum Gasteiger partial charge on any atom is 0.308 e. The Balaban J connectivity index is 1.90. The largest absolute Gasteiger partial charge is 0.481 e. The Morgan fingerprint density at radius 3 is 2.50 bits per heavy atom. The third kappa shape index (κ3) is 3.95. The predicted octanol–water partition coefficient (Wildman–Crippen LogP) is 1.95. The Labute approximate surface area is 120 Å². The summed E-state index contributed by atoms with van der Waals surface area (Å²) in [5.74, 6) is -1.33. The second-order valence-electron chi connectivity index (χ2n) is 5.89. The van der Waals surface area contributed by atoms with Crippen LogP contribution in [0.2, 0.25) is 0 Å². The smallest absolute Gasteiger partial charge is 0.308 e. The number of carboxylic acids is 1. The van der Waals surface area contributed by atoms with Crippen LogP contribution < -0.4 is 5.32 Å². The molecule has 5 heteroatoms. The van der Waals surface area contributed by atoms with Crippen LogP contribution in [0.5, 0.6) is 0 Å². The molecular formula is C15H25NO4. The Hall–Kier alpha value is -1.10. The van der Waals surface area contributed by atoms with Gasteiger partial charge in [0.25, 0.3) is 0 Å². The number of carboxylic acid groups (broad SMARTS) is 1. The summed E-state index contributed by atoms with van der Waals surface area (Å²) in [6.07, 6.45) is 6.40. The summed E-state index contributed by atoms with van der Waals surface area (Å²) < 4.78 is 5.42. The highest BCUT2D eigenvalue weighted by atomic mass is 16.5. The molecule has 114 valence electrons. The molecule has 2 fully saturated rings. The number of carbonyl (C=O) groups is 2. The molecule has 4 atom stereocenters. The number of rotatable bonds is 5. The predicted molar refractivity (Wildman–Crippen MR) is 74.3 cm³/mol. The summed E-state index contributed by atoms with van der Waals surface area (Å²) in [5.41, 5.74) is 0. The average molecular weight is 283 g/mol. The van der Waals surface area contributed by atoms with Gasteiger partial charge in [-0.15, -0.1) is 0 Å². The lowest BCUT2D eigenvalue weighted by atomic mass is 9.86. The molecule has 0 radical (unpaired) electrons. The van der Waals surface area contributed by atoms with Crippen LogP contribution >= 0.6 is 0 Å². The van der Waals surface area contributed by atoms with Gasteiger partial charge in [-0.2, -0.15) is 0 Å². The second kappa shape index (κ2) is 7.07. The molecule has 2 aliphatic rings. The summed E-state index contributed by atoms with van der Waals surface area (Å²) in [5, 5.41) is 12.3. The van der Waals surface area contributed by atoms with Crippen molar-refractivity contribution < 1.29 is 19.4 Å². The van der Waals surface area contributed by atoms with E-state index in [4.69, 9.17) is 4.74 Å². The number of hydrogen-bond acceptors (Lipinski definition) is 3. The molecule has 2 N–H and O–H groups in total. The number of carbonyl (C=O) groups excluding carboxylic acids is 1. The van der Waals surface area contributed by atoms with Gasteiger partial charge >= 0.3 is 5.97 Å². The molecule has 1 amide bonds. The van der Waals surface area contributed by atoms with Gasteiger partial charge in [0.15, 0.2) is 0 Å². The molecule has 0 saturated heterocycles. The lowest BCUT2D eigenvalue weighted by Crippen LogP contribution is -2.44. The molecule has 0 bridgehead atoms. The van der Waals surface area contributed by atoms with Crippen molar-refractivity contribution >= 4 is 11.9 Å². The second-order valence-corrected chi connectivity index (χ2v) is 5.89. The minimum Gasteiger partial charge on any atom is -0.481 e. The molecule has 20 heavy (non-hydrogen) atoms. The molecule has 5 nitrogen and oxygen atoms in total. The lowest BCUT2D eigenvalue weighted by molar-refractivity contribution is -0.143. The van der Waals surface area contributed by atoms with Gasteiger partial charge in [0.05, 0.1) is 17.9 Å². The standard InChI is InChI=1S/C15H25NO4/c1-2-20-13-9-11(13)14(17)16-12-8-6-4-3-5-7-10(12)15(18)19/h10-13H,2-9H2,1H3,(H,16,17)(H,18,19). The summed E-state index contributed by atoms with van der Waals surface area (Å²) in [6, 6.07) is -0.219.